The number of hydrogen-bond donors (Lipinski definition) is 2. The molecule has 0 heterocycles. The van der Waals surface area contributed by atoms with Crippen molar-refractivity contribution in [1.82, 2.24) is 5.32 Å². The lowest BCUT2D eigenvalue weighted by molar-refractivity contribution is -0.117. The average Bonchev–Trinajstić information content (AvgIpc) is 2.56. The van der Waals surface area contributed by atoms with E-state index < -0.39 is 41.8 Å². The first kappa shape index (κ1) is 17.7. The van der Waals surface area contributed by atoms with Crippen LogP contribution in [0.5, 0.6) is 0 Å². The molecule has 0 saturated carbocycles. The number of carbonyl (C=O) groups is 1. The highest BCUT2D eigenvalue weighted by Crippen LogP contribution is 2.19. The third kappa shape index (κ3) is 4.42. The predicted molar refractivity (Wildman–Crippen MR) is 79.7 cm³/mol. The second-order valence-electron chi connectivity index (χ2n) is 4.93. The van der Waals surface area contributed by atoms with E-state index in [1.807, 2.05) is 0 Å². The molecule has 24 heavy (non-hydrogen) atoms. The molecule has 0 aliphatic rings. The lowest BCUT2D eigenvalue weighted by atomic mass is 10.1. The van der Waals surface area contributed by atoms with Gasteiger partial charge in [-0.05, 0) is 41.5 Å². The molecule has 0 aromatic heterocycles. The minimum atomic E-state index is -1.63. The van der Waals surface area contributed by atoms with Crippen molar-refractivity contribution in [2.24, 2.45) is 0 Å². The van der Waals surface area contributed by atoms with Gasteiger partial charge in [0.15, 0.2) is 17.5 Å². The van der Waals surface area contributed by atoms with E-state index in [1.165, 1.54) is 30.3 Å². The summed E-state index contributed by atoms with van der Waals surface area (Å²) in [6, 6.07) is 5.63. The van der Waals surface area contributed by atoms with Crippen LogP contribution in [0.15, 0.2) is 42.5 Å². The van der Waals surface area contributed by atoms with Crippen molar-refractivity contribution in [1.29, 1.82) is 0 Å². The monoisotopic (exact) mass is 339 g/mol. The van der Waals surface area contributed by atoms with E-state index in [0.717, 1.165) is 6.08 Å². The summed E-state index contributed by atoms with van der Waals surface area (Å²) >= 11 is 0. The van der Waals surface area contributed by atoms with Gasteiger partial charge in [-0.1, -0.05) is 12.1 Å². The summed E-state index contributed by atoms with van der Waals surface area (Å²) in [5.41, 5.74) is 0.448. The van der Waals surface area contributed by atoms with Crippen molar-refractivity contribution in [3.8, 4) is 0 Å². The highest BCUT2D eigenvalue weighted by atomic mass is 19.2. The Morgan fingerprint density at radius 3 is 2.21 bits per heavy atom. The molecule has 0 radical (unpaired) electrons. The van der Waals surface area contributed by atoms with Gasteiger partial charge in [0.25, 0.3) is 0 Å². The maximum Gasteiger partial charge on any atom is 0.244 e. The Hall–Kier alpha value is -2.67. The van der Waals surface area contributed by atoms with Gasteiger partial charge in [-0.15, -0.1) is 0 Å². The number of benzene rings is 2. The van der Waals surface area contributed by atoms with E-state index in [-0.39, 0.29) is 5.56 Å². The lowest BCUT2D eigenvalue weighted by Crippen LogP contribution is -2.29. The number of aliphatic hydroxyl groups is 1. The first-order valence-electron chi connectivity index (χ1n) is 6.90. The first-order chi connectivity index (χ1) is 11.4. The third-order valence-electron chi connectivity index (χ3n) is 3.20. The van der Waals surface area contributed by atoms with Crippen molar-refractivity contribution < 1.29 is 27.5 Å². The fraction of sp³-hybridized carbons (Fsp3) is 0.118. The number of aliphatic hydroxyl groups excluding tert-OH is 1. The molecule has 7 heteroatoms. The quantitative estimate of drug-likeness (QED) is 0.500. The summed E-state index contributed by atoms with van der Waals surface area (Å²) < 4.78 is 52.1. The number of halogens is 4. The van der Waals surface area contributed by atoms with Gasteiger partial charge in [0.2, 0.25) is 5.91 Å². The van der Waals surface area contributed by atoms with Crippen molar-refractivity contribution in [2.75, 3.05) is 6.61 Å². The molecule has 1 unspecified atom stereocenters. The number of amides is 1. The maximum absolute atomic E-state index is 13.2. The van der Waals surface area contributed by atoms with Crippen LogP contribution in [-0.4, -0.2) is 17.6 Å². The van der Waals surface area contributed by atoms with Crippen LogP contribution in [0.2, 0.25) is 0 Å². The summed E-state index contributed by atoms with van der Waals surface area (Å²) in [4.78, 5) is 11.8. The highest BCUT2D eigenvalue weighted by molar-refractivity contribution is 5.92. The van der Waals surface area contributed by atoms with Gasteiger partial charge in [-0.3, -0.25) is 4.79 Å². The van der Waals surface area contributed by atoms with E-state index in [1.54, 1.807) is 0 Å². The topological polar surface area (TPSA) is 49.3 Å². The van der Waals surface area contributed by atoms with E-state index in [4.69, 9.17) is 0 Å². The van der Waals surface area contributed by atoms with E-state index in [9.17, 15) is 27.5 Å². The Morgan fingerprint density at radius 1 is 1.08 bits per heavy atom. The number of carbonyl (C=O) groups excluding carboxylic acids is 1. The first-order valence-corrected chi connectivity index (χ1v) is 6.90. The molecular weight excluding hydrogens is 326 g/mol. The Morgan fingerprint density at radius 2 is 1.67 bits per heavy atom. The standard InChI is InChI=1S/C17H13F4NO2/c18-12-4-1-10(2-5-12)3-6-16(24)22-15(9-23)11-7-13(19)17(21)14(20)8-11/h1-8,15,23H,9H2,(H,22,24)/b6-3+. The van der Waals surface area contributed by atoms with Crippen molar-refractivity contribution >= 4 is 12.0 Å². The largest absolute Gasteiger partial charge is 0.394 e. The second kappa shape index (κ2) is 7.74. The molecule has 1 atom stereocenters. The number of nitrogens with one attached hydrogen (secondary N) is 1. The summed E-state index contributed by atoms with van der Waals surface area (Å²) in [6.45, 7) is -0.638. The summed E-state index contributed by atoms with van der Waals surface area (Å²) in [5, 5.41) is 11.6. The van der Waals surface area contributed by atoms with E-state index in [2.05, 4.69) is 5.32 Å². The van der Waals surface area contributed by atoms with Crippen LogP contribution in [0.3, 0.4) is 0 Å². The Balaban J connectivity index is 2.09. The Bertz CT molecular complexity index is 737. The van der Waals surface area contributed by atoms with Gasteiger partial charge in [-0.25, -0.2) is 17.6 Å². The van der Waals surface area contributed by atoms with Crippen LogP contribution in [0.1, 0.15) is 17.2 Å². The normalized spacial score (nSPS) is 12.4. The van der Waals surface area contributed by atoms with E-state index >= 15 is 0 Å². The summed E-state index contributed by atoms with van der Waals surface area (Å²) in [6.07, 6.45) is 2.52. The van der Waals surface area contributed by atoms with Crippen LogP contribution in [0, 0.1) is 23.3 Å². The molecule has 0 spiro atoms. The fourth-order valence-electron chi connectivity index (χ4n) is 1.98. The number of hydrogen-bond acceptors (Lipinski definition) is 2. The van der Waals surface area contributed by atoms with Crippen LogP contribution in [0.4, 0.5) is 17.6 Å². The minimum absolute atomic E-state index is 0.113. The molecule has 0 aliphatic carbocycles. The molecule has 126 valence electrons. The minimum Gasteiger partial charge on any atom is -0.394 e. The third-order valence-corrected chi connectivity index (χ3v) is 3.20. The summed E-state index contributed by atoms with van der Waals surface area (Å²) in [5.74, 6) is -5.53. The lowest BCUT2D eigenvalue weighted by Gasteiger charge is -2.16. The molecule has 2 aromatic rings. The SMILES string of the molecule is O=C(/C=C/c1ccc(F)cc1)NC(CO)c1cc(F)c(F)c(F)c1. The molecule has 0 saturated heterocycles. The molecule has 2 rings (SSSR count). The van der Waals surface area contributed by atoms with Crippen molar-refractivity contribution in [2.45, 2.75) is 6.04 Å². The predicted octanol–water partition coefficient (Wildman–Crippen LogP) is 3.11. The molecule has 0 aliphatic heterocycles. The Kier molecular flexibility index (Phi) is 5.70. The zero-order chi connectivity index (χ0) is 17.7. The summed E-state index contributed by atoms with van der Waals surface area (Å²) in [7, 11) is 0. The molecule has 0 fully saturated rings. The zero-order valence-electron chi connectivity index (χ0n) is 12.3. The molecular formula is C17H13F4NO2. The second-order valence-corrected chi connectivity index (χ2v) is 4.93. The van der Waals surface area contributed by atoms with Crippen molar-refractivity contribution in [3.63, 3.8) is 0 Å². The van der Waals surface area contributed by atoms with Gasteiger partial charge in [-0.2, -0.15) is 0 Å². The highest BCUT2D eigenvalue weighted by Gasteiger charge is 2.18. The van der Waals surface area contributed by atoms with Crippen LogP contribution in [-0.2, 0) is 4.79 Å². The van der Waals surface area contributed by atoms with E-state index in [0.29, 0.717) is 17.7 Å². The molecule has 0 bridgehead atoms. The van der Waals surface area contributed by atoms with Gasteiger partial charge in [0.1, 0.15) is 5.82 Å². The molecule has 2 N–H and O–H groups in total. The van der Waals surface area contributed by atoms with Crippen LogP contribution >= 0.6 is 0 Å². The van der Waals surface area contributed by atoms with Gasteiger partial charge < -0.3 is 10.4 Å². The zero-order valence-corrected chi connectivity index (χ0v) is 12.3. The van der Waals surface area contributed by atoms with Gasteiger partial charge >= 0.3 is 0 Å². The molecule has 3 nitrogen and oxygen atoms in total. The molecule has 1 amide bonds. The Labute approximate surface area is 135 Å². The van der Waals surface area contributed by atoms with Crippen LogP contribution in [0.25, 0.3) is 6.08 Å². The maximum atomic E-state index is 13.2. The number of rotatable bonds is 5. The van der Waals surface area contributed by atoms with Crippen LogP contribution < -0.4 is 5.32 Å². The van der Waals surface area contributed by atoms with Gasteiger partial charge in [0.05, 0.1) is 12.6 Å². The van der Waals surface area contributed by atoms with Crippen molar-refractivity contribution in [3.05, 3.63) is 76.9 Å². The van der Waals surface area contributed by atoms with Gasteiger partial charge in [0, 0.05) is 6.08 Å². The average molecular weight is 339 g/mol. The molecule has 2 aromatic carbocycles. The fourth-order valence-corrected chi connectivity index (χ4v) is 1.98. The smallest absolute Gasteiger partial charge is 0.244 e.